The molecule has 1 aromatic carbocycles. The minimum absolute atomic E-state index is 0.242. The van der Waals surface area contributed by atoms with Gasteiger partial charge in [-0.3, -0.25) is 0 Å². The van der Waals surface area contributed by atoms with E-state index in [0.29, 0.717) is 25.1 Å². The molecule has 1 fully saturated rings. The number of hydrogen-bond donors (Lipinski definition) is 1. The molecule has 0 atom stereocenters. The van der Waals surface area contributed by atoms with E-state index in [0.717, 1.165) is 23.1 Å². The Balaban J connectivity index is 1.74. The molecule has 0 amide bonds. The molecule has 0 saturated carbocycles. The van der Waals surface area contributed by atoms with Gasteiger partial charge in [-0.1, -0.05) is 28.1 Å². The van der Waals surface area contributed by atoms with Crippen LogP contribution in [0.25, 0.3) is 0 Å². The summed E-state index contributed by atoms with van der Waals surface area (Å²) in [6.45, 7) is 2.76. The van der Waals surface area contributed by atoms with E-state index in [1.165, 1.54) is 7.11 Å². The van der Waals surface area contributed by atoms with Crippen molar-refractivity contribution in [2.24, 2.45) is 5.10 Å². The number of hydrazone groups is 1. The number of morpholine rings is 1. The molecule has 8 nitrogen and oxygen atoms in total. The largest absolute Gasteiger partial charge is 0.467 e. The molecule has 2 aromatic rings. The zero-order valence-corrected chi connectivity index (χ0v) is 14.7. The Bertz CT molecular complexity index is 721. The molecule has 0 spiro atoms. The lowest BCUT2D eigenvalue weighted by molar-refractivity contribution is 0.122. The Hall–Kier alpha value is -2.26. The zero-order chi connectivity index (χ0) is 16.8. The van der Waals surface area contributed by atoms with Crippen LogP contribution in [0.4, 0.5) is 11.9 Å². The number of rotatable bonds is 5. The fourth-order valence-electron chi connectivity index (χ4n) is 2.14. The third kappa shape index (κ3) is 4.39. The molecule has 24 heavy (non-hydrogen) atoms. The molecule has 1 aliphatic rings. The number of ether oxygens (including phenoxy) is 2. The lowest BCUT2D eigenvalue weighted by Gasteiger charge is -2.26. The summed E-state index contributed by atoms with van der Waals surface area (Å²) in [7, 11) is 1.52. The lowest BCUT2D eigenvalue weighted by atomic mass is 10.2. The number of hydrogen-bond acceptors (Lipinski definition) is 8. The lowest BCUT2D eigenvalue weighted by Crippen LogP contribution is -2.37. The van der Waals surface area contributed by atoms with Crippen LogP contribution in [0.2, 0.25) is 0 Å². The standard InChI is InChI=1S/C15H17BrN6O2/c1-23-15-19-13(18-14(20-15)22-5-7-24-8-6-22)21-17-10-11-3-2-4-12(16)9-11/h2-4,9-10H,5-8H2,1H3,(H,18,19,20,21). The van der Waals surface area contributed by atoms with Gasteiger partial charge in [0.2, 0.25) is 5.95 Å². The fraction of sp³-hybridized carbons (Fsp3) is 0.333. The highest BCUT2D eigenvalue weighted by Gasteiger charge is 2.16. The average Bonchev–Trinajstić information content (AvgIpc) is 2.62. The van der Waals surface area contributed by atoms with Crippen LogP contribution in [0, 0.1) is 0 Å². The van der Waals surface area contributed by atoms with Crippen LogP contribution in [-0.4, -0.2) is 54.6 Å². The van der Waals surface area contributed by atoms with Crippen LogP contribution in [0.1, 0.15) is 5.56 Å². The summed E-state index contributed by atoms with van der Waals surface area (Å²) in [6.07, 6.45) is 1.69. The van der Waals surface area contributed by atoms with Gasteiger partial charge in [0.15, 0.2) is 0 Å². The molecule has 0 bridgehead atoms. The molecule has 2 heterocycles. The van der Waals surface area contributed by atoms with Crippen LogP contribution in [0.3, 0.4) is 0 Å². The number of aromatic nitrogens is 3. The normalized spacial score (nSPS) is 14.8. The fourth-order valence-corrected chi connectivity index (χ4v) is 2.56. The van der Waals surface area contributed by atoms with Gasteiger partial charge in [-0.25, -0.2) is 5.43 Å². The van der Waals surface area contributed by atoms with E-state index in [1.807, 2.05) is 29.2 Å². The molecule has 126 valence electrons. The summed E-state index contributed by atoms with van der Waals surface area (Å²) in [5.74, 6) is 0.875. The average molecular weight is 393 g/mol. The number of nitrogens with zero attached hydrogens (tertiary/aromatic N) is 5. The number of anilines is 2. The minimum atomic E-state index is 0.242. The van der Waals surface area contributed by atoms with Crippen LogP contribution < -0.4 is 15.1 Å². The Morgan fingerprint density at radius 2 is 2.12 bits per heavy atom. The maximum atomic E-state index is 5.34. The van der Waals surface area contributed by atoms with Crippen molar-refractivity contribution in [2.75, 3.05) is 43.7 Å². The van der Waals surface area contributed by atoms with Gasteiger partial charge < -0.3 is 14.4 Å². The highest BCUT2D eigenvalue weighted by atomic mass is 79.9. The van der Waals surface area contributed by atoms with E-state index >= 15 is 0 Å². The van der Waals surface area contributed by atoms with Gasteiger partial charge in [0.1, 0.15) is 0 Å². The number of methoxy groups -OCH3 is 1. The molecule has 0 unspecified atom stereocenters. The van der Waals surface area contributed by atoms with Crippen molar-refractivity contribution in [3.63, 3.8) is 0 Å². The molecule has 9 heteroatoms. The van der Waals surface area contributed by atoms with Crippen molar-refractivity contribution < 1.29 is 9.47 Å². The Kier molecular flexibility index (Phi) is 5.55. The summed E-state index contributed by atoms with van der Waals surface area (Å²) in [4.78, 5) is 14.9. The minimum Gasteiger partial charge on any atom is -0.467 e. The Labute approximate surface area is 148 Å². The summed E-state index contributed by atoms with van der Waals surface area (Å²) in [5.41, 5.74) is 3.77. The second-order valence-electron chi connectivity index (χ2n) is 4.97. The molecule has 1 aromatic heterocycles. The van der Waals surface area contributed by atoms with Gasteiger partial charge in [0, 0.05) is 17.6 Å². The second kappa shape index (κ2) is 8.02. The topological polar surface area (TPSA) is 84.8 Å². The monoisotopic (exact) mass is 392 g/mol. The van der Waals surface area contributed by atoms with Gasteiger partial charge in [-0.15, -0.1) is 0 Å². The van der Waals surface area contributed by atoms with E-state index in [2.05, 4.69) is 41.4 Å². The Morgan fingerprint density at radius 1 is 1.29 bits per heavy atom. The molecular weight excluding hydrogens is 376 g/mol. The first-order valence-electron chi connectivity index (χ1n) is 7.42. The van der Waals surface area contributed by atoms with E-state index in [9.17, 15) is 0 Å². The number of benzene rings is 1. The summed E-state index contributed by atoms with van der Waals surface area (Å²) in [5, 5.41) is 4.17. The quantitative estimate of drug-likeness (QED) is 0.614. The predicted molar refractivity (Wildman–Crippen MR) is 94.8 cm³/mol. The highest BCUT2D eigenvalue weighted by molar-refractivity contribution is 9.10. The third-order valence-corrected chi connectivity index (χ3v) is 3.80. The molecule has 3 rings (SSSR count). The molecule has 1 aliphatic heterocycles. The first-order valence-corrected chi connectivity index (χ1v) is 8.21. The van der Waals surface area contributed by atoms with Gasteiger partial charge in [0.05, 0.1) is 26.5 Å². The van der Waals surface area contributed by atoms with E-state index in [4.69, 9.17) is 9.47 Å². The molecule has 1 saturated heterocycles. The summed E-state index contributed by atoms with van der Waals surface area (Å²) < 4.78 is 11.5. The van der Waals surface area contributed by atoms with Crippen LogP contribution in [-0.2, 0) is 4.74 Å². The van der Waals surface area contributed by atoms with E-state index in [1.54, 1.807) is 6.21 Å². The number of halogens is 1. The smallest absolute Gasteiger partial charge is 0.322 e. The molecule has 0 aliphatic carbocycles. The van der Waals surface area contributed by atoms with Crippen molar-refractivity contribution >= 4 is 34.0 Å². The first kappa shape index (κ1) is 16.6. The van der Waals surface area contributed by atoms with Crippen molar-refractivity contribution in [3.8, 4) is 6.01 Å². The number of nitrogens with one attached hydrogen (secondary N) is 1. The van der Waals surface area contributed by atoms with Crippen molar-refractivity contribution in [3.05, 3.63) is 34.3 Å². The SMILES string of the molecule is COc1nc(NN=Cc2cccc(Br)c2)nc(N2CCOCC2)n1. The summed E-state index contributed by atoms with van der Waals surface area (Å²) >= 11 is 3.42. The summed E-state index contributed by atoms with van der Waals surface area (Å²) in [6, 6.07) is 8.04. The van der Waals surface area contributed by atoms with Crippen molar-refractivity contribution in [2.45, 2.75) is 0 Å². The molecule has 0 radical (unpaired) electrons. The van der Waals surface area contributed by atoms with Crippen LogP contribution in [0.5, 0.6) is 6.01 Å². The van der Waals surface area contributed by atoms with Gasteiger partial charge in [-0.05, 0) is 17.7 Å². The second-order valence-corrected chi connectivity index (χ2v) is 5.89. The van der Waals surface area contributed by atoms with Gasteiger partial charge in [0.25, 0.3) is 5.95 Å². The van der Waals surface area contributed by atoms with Crippen LogP contribution >= 0.6 is 15.9 Å². The zero-order valence-electron chi connectivity index (χ0n) is 13.1. The van der Waals surface area contributed by atoms with Crippen molar-refractivity contribution in [1.82, 2.24) is 15.0 Å². The Morgan fingerprint density at radius 3 is 2.88 bits per heavy atom. The van der Waals surface area contributed by atoms with E-state index in [-0.39, 0.29) is 6.01 Å². The molecular formula is C15H17BrN6O2. The molecule has 1 N–H and O–H groups in total. The van der Waals surface area contributed by atoms with Crippen LogP contribution in [0.15, 0.2) is 33.8 Å². The maximum absolute atomic E-state index is 5.34. The predicted octanol–water partition coefficient (Wildman–Crippen LogP) is 1.93. The van der Waals surface area contributed by atoms with Gasteiger partial charge in [-0.2, -0.15) is 20.1 Å². The van der Waals surface area contributed by atoms with Crippen molar-refractivity contribution in [1.29, 1.82) is 0 Å². The third-order valence-electron chi connectivity index (χ3n) is 3.31. The van der Waals surface area contributed by atoms with Gasteiger partial charge >= 0.3 is 6.01 Å². The first-order chi connectivity index (χ1) is 11.7. The maximum Gasteiger partial charge on any atom is 0.322 e. The van der Waals surface area contributed by atoms with E-state index < -0.39 is 0 Å². The highest BCUT2D eigenvalue weighted by Crippen LogP contribution is 2.16.